The highest BCUT2D eigenvalue weighted by atomic mass is 35.5. The van der Waals surface area contributed by atoms with E-state index < -0.39 is 5.91 Å². The lowest BCUT2D eigenvalue weighted by atomic mass is 10.0. The molecule has 3 heterocycles. The van der Waals surface area contributed by atoms with Crippen molar-refractivity contribution in [2.24, 2.45) is 0 Å². The number of hydrogen-bond donors (Lipinski definition) is 2. The highest BCUT2D eigenvalue weighted by molar-refractivity contribution is 6.33. The van der Waals surface area contributed by atoms with E-state index in [0.29, 0.717) is 53.3 Å². The van der Waals surface area contributed by atoms with Gasteiger partial charge in [0.05, 0.1) is 11.7 Å². The molecule has 5 rings (SSSR count). The largest absolute Gasteiger partial charge is 0.365 e. The molecule has 0 spiro atoms. The van der Waals surface area contributed by atoms with Crippen molar-refractivity contribution in [3.8, 4) is 0 Å². The van der Waals surface area contributed by atoms with Gasteiger partial charge in [0.1, 0.15) is 0 Å². The molecule has 198 valence electrons. The summed E-state index contributed by atoms with van der Waals surface area (Å²) in [6.45, 7) is 6.54. The summed E-state index contributed by atoms with van der Waals surface area (Å²) in [5.74, 6) is 0.208. The van der Waals surface area contributed by atoms with Crippen molar-refractivity contribution in [2.75, 3.05) is 61.8 Å². The second-order valence-corrected chi connectivity index (χ2v) is 10.4. The van der Waals surface area contributed by atoms with E-state index in [9.17, 15) is 9.59 Å². The number of benzene rings is 2. The minimum atomic E-state index is -0.391. The summed E-state index contributed by atoms with van der Waals surface area (Å²) in [5, 5.41) is 15.7. The first-order valence-electron chi connectivity index (χ1n) is 12.5. The molecule has 2 aromatic carbocycles. The van der Waals surface area contributed by atoms with E-state index in [4.69, 9.17) is 23.2 Å². The van der Waals surface area contributed by atoms with Gasteiger partial charge in [0.2, 0.25) is 0 Å². The molecular weight excluding hydrogens is 525 g/mol. The number of amides is 2. The number of likely N-dealkylation sites (N-methyl/N-ethyl adjacent to an activating group) is 1. The van der Waals surface area contributed by atoms with Crippen LogP contribution < -0.4 is 15.5 Å². The van der Waals surface area contributed by atoms with Crippen LogP contribution in [0.25, 0.3) is 0 Å². The predicted molar refractivity (Wildman–Crippen MR) is 151 cm³/mol. The Morgan fingerprint density at radius 1 is 0.974 bits per heavy atom. The number of carbonyl (C=O) groups excluding carboxylic acids is 2. The molecule has 9 nitrogen and oxygen atoms in total. The van der Waals surface area contributed by atoms with Crippen LogP contribution in [0.3, 0.4) is 0 Å². The third-order valence-corrected chi connectivity index (χ3v) is 7.60. The average Bonchev–Trinajstić information content (AvgIpc) is 2.93. The molecule has 3 aromatic rings. The van der Waals surface area contributed by atoms with Crippen LogP contribution >= 0.6 is 23.2 Å². The van der Waals surface area contributed by atoms with Gasteiger partial charge in [-0.3, -0.25) is 9.59 Å². The fraction of sp³-hybridized carbons (Fsp3) is 0.333. The fourth-order valence-electron chi connectivity index (χ4n) is 4.74. The van der Waals surface area contributed by atoms with Gasteiger partial charge < -0.3 is 25.3 Å². The normalized spacial score (nSPS) is 16.4. The third kappa shape index (κ3) is 5.55. The van der Waals surface area contributed by atoms with Gasteiger partial charge in [-0.2, -0.15) is 0 Å². The van der Waals surface area contributed by atoms with Crippen LogP contribution in [0.1, 0.15) is 39.4 Å². The molecule has 1 atom stereocenters. The predicted octanol–water partition coefficient (Wildman–Crippen LogP) is 4.42. The van der Waals surface area contributed by atoms with Gasteiger partial charge in [-0.15, -0.1) is 10.2 Å². The monoisotopic (exact) mass is 553 g/mol. The summed E-state index contributed by atoms with van der Waals surface area (Å²) < 4.78 is 0. The molecule has 2 amide bonds. The first kappa shape index (κ1) is 26.2. The topological polar surface area (TPSA) is 93.7 Å². The van der Waals surface area contributed by atoms with Crippen LogP contribution in [0.5, 0.6) is 0 Å². The molecule has 0 bridgehead atoms. The lowest BCUT2D eigenvalue weighted by Gasteiger charge is -2.36. The van der Waals surface area contributed by atoms with Crippen LogP contribution in [0, 0.1) is 0 Å². The Morgan fingerprint density at radius 2 is 1.71 bits per heavy atom. The number of aromatic nitrogens is 2. The van der Waals surface area contributed by atoms with Gasteiger partial charge in [-0.05, 0) is 68.1 Å². The van der Waals surface area contributed by atoms with E-state index in [1.807, 2.05) is 17.9 Å². The molecule has 1 aromatic heterocycles. The van der Waals surface area contributed by atoms with Crippen molar-refractivity contribution in [2.45, 2.75) is 13.0 Å². The van der Waals surface area contributed by atoms with Crippen molar-refractivity contribution in [3.63, 3.8) is 0 Å². The minimum absolute atomic E-state index is 0.00181. The standard InChI is InChI=1S/C27H29Cl2N7O2/c1-17(21-15-19(28)5-8-22(21)29)36-10-9-30-25-24(36)16-23(32-33-25)26(37)31-20-6-3-18(4-7-20)27(38)35-13-11-34(2)12-14-35/h3-8,15-17H,9-14H2,1-2H3,(H,30,33)(H,31,37)/t17-/m1/s1. The van der Waals surface area contributed by atoms with Gasteiger partial charge in [0.25, 0.3) is 11.8 Å². The fourth-order valence-corrected chi connectivity index (χ4v) is 5.20. The number of nitrogens with zero attached hydrogens (tertiary/aromatic N) is 5. The number of piperazine rings is 1. The molecular formula is C27H29Cl2N7O2. The van der Waals surface area contributed by atoms with Crippen molar-refractivity contribution < 1.29 is 9.59 Å². The Kier molecular flexibility index (Phi) is 7.69. The van der Waals surface area contributed by atoms with Crippen LogP contribution in [0.2, 0.25) is 10.0 Å². The van der Waals surface area contributed by atoms with Crippen molar-refractivity contribution in [3.05, 3.63) is 75.4 Å². The SMILES string of the molecule is C[C@H](c1cc(Cl)ccc1Cl)N1CCNc2nnc(C(=O)Nc3ccc(C(=O)N4CCN(C)CC4)cc3)cc21. The van der Waals surface area contributed by atoms with E-state index in [-0.39, 0.29) is 17.6 Å². The smallest absolute Gasteiger partial charge is 0.276 e. The number of nitrogens with one attached hydrogen (secondary N) is 2. The maximum Gasteiger partial charge on any atom is 0.276 e. The van der Waals surface area contributed by atoms with Crippen molar-refractivity contribution in [1.82, 2.24) is 20.0 Å². The quantitative estimate of drug-likeness (QED) is 0.483. The van der Waals surface area contributed by atoms with Crippen molar-refractivity contribution >= 4 is 52.2 Å². The van der Waals surface area contributed by atoms with Gasteiger partial charge >= 0.3 is 0 Å². The average molecular weight is 554 g/mol. The van der Waals surface area contributed by atoms with Crippen LogP contribution in [0.15, 0.2) is 48.5 Å². The summed E-state index contributed by atoms with van der Waals surface area (Å²) >= 11 is 12.7. The van der Waals surface area contributed by atoms with Gasteiger partial charge in [-0.25, -0.2) is 0 Å². The molecule has 2 N–H and O–H groups in total. The molecule has 38 heavy (non-hydrogen) atoms. The number of halogens is 2. The third-order valence-electron chi connectivity index (χ3n) is 7.02. The maximum atomic E-state index is 13.1. The number of anilines is 3. The molecule has 2 aliphatic rings. The highest BCUT2D eigenvalue weighted by Crippen LogP contribution is 2.37. The summed E-state index contributed by atoms with van der Waals surface area (Å²) in [4.78, 5) is 32.1. The van der Waals surface area contributed by atoms with Crippen LogP contribution in [-0.4, -0.2) is 78.1 Å². The van der Waals surface area contributed by atoms with E-state index in [1.165, 1.54) is 0 Å². The Labute approximate surface area is 231 Å². The van der Waals surface area contributed by atoms with Crippen LogP contribution in [0.4, 0.5) is 17.2 Å². The first-order chi connectivity index (χ1) is 18.3. The van der Waals surface area contributed by atoms with E-state index >= 15 is 0 Å². The zero-order valence-corrected chi connectivity index (χ0v) is 22.8. The molecule has 0 radical (unpaired) electrons. The zero-order chi connectivity index (χ0) is 26.8. The van der Waals surface area contributed by atoms with E-state index in [0.717, 1.165) is 24.3 Å². The molecule has 0 aliphatic carbocycles. The second kappa shape index (κ2) is 11.1. The molecule has 0 saturated carbocycles. The highest BCUT2D eigenvalue weighted by Gasteiger charge is 2.27. The molecule has 11 heteroatoms. The summed E-state index contributed by atoms with van der Waals surface area (Å²) in [6.07, 6.45) is 0. The molecule has 2 aliphatic heterocycles. The summed E-state index contributed by atoms with van der Waals surface area (Å²) in [5.41, 5.74) is 2.99. The lowest BCUT2D eigenvalue weighted by molar-refractivity contribution is 0.0664. The maximum absolute atomic E-state index is 13.1. The van der Waals surface area contributed by atoms with E-state index in [2.05, 4.69) is 37.7 Å². The van der Waals surface area contributed by atoms with Gasteiger partial charge in [-0.1, -0.05) is 23.2 Å². The molecule has 1 saturated heterocycles. The lowest BCUT2D eigenvalue weighted by Crippen LogP contribution is -2.47. The zero-order valence-electron chi connectivity index (χ0n) is 21.2. The minimum Gasteiger partial charge on any atom is -0.365 e. The Bertz CT molecular complexity index is 1340. The molecule has 0 unspecified atom stereocenters. The Hall–Kier alpha value is -3.40. The van der Waals surface area contributed by atoms with E-state index in [1.54, 1.807) is 42.5 Å². The first-order valence-corrected chi connectivity index (χ1v) is 13.3. The number of rotatable bonds is 5. The van der Waals surface area contributed by atoms with Crippen LogP contribution in [-0.2, 0) is 0 Å². The Morgan fingerprint density at radius 3 is 2.45 bits per heavy atom. The number of hydrogen-bond acceptors (Lipinski definition) is 7. The summed E-state index contributed by atoms with van der Waals surface area (Å²) in [6, 6.07) is 13.9. The second-order valence-electron chi connectivity index (χ2n) is 9.55. The summed E-state index contributed by atoms with van der Waals surface area (Å²) in [7, 11) is 2.05. The molecule has 1 fully saturated rings. The van der Waals surface area contributed by atoms with Gasteiger partial charge in [0, 0.05) is 60.6 Å². The number of fused-ring (bicyclic) bond motifs is 1. The number of carbonyl (C=O) groups is 2. The van der Waals surface area contributed by atoms with Gasteiger partial charge in [0.15, 0.2) is 11.5 Å². The Balaban J connectivity index is 1.30. The van der Waals surface area contributed by atoms with Crippen molar-refractivity contribution in [1.29, 1.82) is 0 Å².